The van der Waals surface area contributed by atoms with E-state index in [-0.39, 0.29) is 17.9 Å². The quantitative estimate of drug-likeness (QED) is 0.168. The summed E-state index contributed by atoms with van der Waals surface area (Å²) >= 11 is 0. The number of carbonyl (C=O) groups excluding carboxylic acids is 2. The summed E-state index contributed by atoms with van der Waals surface area (Å²) in [6.45, 7) is 6.15. The zero-order chi connectivity index (χ0) is 32.2. The molecule has 0 aliphatic carbocycles. The van der Waals surface area contributed by atoms with Crippen molar-refractivity contribution in [3.8, 4) is 11.3 Å². The molecule has 232 valence electrons. The molecular weight excluding hydrogens is 588 g/mol. The fraction of sp³-hybridized carbons (Fsp3) is 0.222. The molecule has 5 rings (SSSR count). The first kappa shape index (κ1) is 31.7. The van der Waals surface area contributed by atoms with E-state index in [0.29, 0.717) is 17.7 Å². The van der Waals surface area contributed by atoms with Gasteiger partial charge in [0.05, 0.1) is 21.8 Å². The molecule has 0 fully saturated rings. The van der Waals surface area contributed by atoms with Crippen LogP contribution in [0.3, 0.4) is 0 Å². The molecule has 0 saturated heterocycles. The van der Waals surface area contributed by atoms with Crippen LogP contribution in [0, 0.1) is 0 Å². The Bertz CT molecular complexity index is 1870. The summed E-state index contributed by atoms with van der Waals surface area (Å²) in [6.07, 6.45) is 0.383. The van der Waals surface area contributed by atoms with E-state index in [9.17, 15) is 22.6 Å². The van der Waals surface area contributed by atoms with Crippen LogP contribution >= 0.6 is 0 Å². The van der Waals surface area contributed by atoms with Crippen LogP contribution in [0.15, 0.2) is 108 Å². The molecule has 0 radical (unpaired) electrons. The fourth-order valence-corrected chi connectivity index (χ4v) is 5.42. The van der Waals surface area contributed by atoms with Crippen LogP contribution in [0.1, 0.15) is 53.7 Å². The minimum atomic E-state index is -4.42. The number of fused-ring (bicyclic) bond motifs is 1. The number of furan rings is 1. The van der Waals surface area contributed by atoms with E-state index in [4.69, 9.17) is 4.42 Å². The van der Waals surface area contributed by atoms with Gasteiger partial charge < -0.3 is 19.6 Å². The number of anilines is 1. The SMILES string of the molecule is CC(C)(C)c1ccc(C(Cc2ccc(C(=O)NCCS(=O)(=O)[O-])cc2)C(=O)Nc2ccc(-c3cc4ccccc4o3)cc2)cc1. The molecule has 0 aliphatic heterocycles. The van der Waals surface area contributed by atoms with Crippen molar-refractivity contribution in [2.24, 2.45) is 0 Å². The normalized spacial score (nSPS) is 12.5. The van der Waals surface area contributed by atoms with Crippen molar-refractivity contribution in [3.63, 3.8) is 0 Å². The third-order valence-corrected chi connectivity index (χ3v) is 8.36. The Morgan fingerprint density at radius 3 is 2.16 bits per heavy atom. The molecule has 2 N–H and O–H groups in total. The van der Waals surface area contributed by atoms with E-state index >= 15 is 0 Å². The Kier molecular flexibility index (Phi) is 9.22. The Morgan fingerprint density at radius 1 is 0.867 bits per heavy atom. The van der Waals surface area contributed by atoms with Crippen molar-refractivity contribution in [2.75, 3.05) is 17.6 Å². The van der Waals surface area contributed by atoms with Gasteiger partial charge >= 0.3 is 0 Å². The second kappa shape index (κ2) is 13.1. The highest BCUT2D eigenvalue weighted by Crippen LogP contribution is 2.30. The van der Waals surface area contributed by atoms with Gasteiger partial charge in [-0.05, 0) is 77.1 Å². The Morgan fingerprint density at radius 2 is 1.53 bits per heavy atom. The van der Waals surface area contributed by atoms with Gasteiger partial charge in [0.25, 0.3) is 5.91 Å². The van der Waals surface area contributed by atoms with Crippen LogP contribution < -0.4 is 10.6 Å². The molecule has 8 nitrogen and oxygen atoms in total. The summed E-state index contributed by atoms with van der Waals surface area (Å²) in [5.41, 5.74) is 5.52. The van der Waals surface area contributed by atoms with Crippen LogP contribution in [0.4, 0.5) is 5.69 Å². The van der Waals surface area contributed by atoms with Crippen LogP contribution in [-0.2, 0) is 26.7 Å². The molecule has 45 heavy (non-hydrogen) atoms. The predicted molar refractivity (Wildman–Crippen MR) is 175 cm³/mol. The van der Waals surface area contributed by atoms with Crippen molar-refractivity contribution in [2.45, 2.75) is 38.5 Å². The zero-order valence-corrected chi connectivity index (χ0v) is 26.2. The van der Waals surface area contributed by atoms with Crippen molar-refractivity contribution >= 4 is 38.6 Å². The lowest BCUT2D eigenvalue weighted by atomic mass is 9.84. The molecule has 1 unspecified atom stereocenters. The number of rotatable bonds is 10. The highest BCUT2D eigenvalue weighted by molar-refractivity contribution is 7.85. The molecule has 1 heterocycles. The first-order chi connectivity index (χ1) is 21.4. The van der Waals surface area contributed by atoms with E-state index in [1.54, 1.807) is 24.3 Å². The number of carbonyl (C=O) groups is 2. The van der Waals surface area contributed by atoms with E-state index in [0.717, 1.165) is 39.0 Å². The monoisotopic (exact) mass is 623 g/mol. The first-order valence-corrected chi connectivity index (χ1v) is 16.2. The van der Waals surface area contributed by atoms with Crippen LogP contribution in [0.25, 0.3) is 22.3 Å². The third kappa shape index (κ3) is 8.26. The van der Waals surface area contributed by atoms with Gasteiger partial charge in [0.15, 0.2) is 0 Å². The summed E-state index contributed by atoms with van der Waals surface area (Å²) < 4.78 is 38.4. The summed E-state index contributed by atoms with van der Waals surface area (Å²) in [5.74, 6) is -1.10. The molecule has 0 aliphatic rings. The molecule has 1 atom stereocenters. The van der Waals surface area contributed by atoms with Gasteiger partial charge in [0.2, 0.25) is 5.91 Å². The number of benzene rings is 4. The van der Waals surface area contributed by atoms with Gasteiger partial charge in [0, 0.05) is 28.7 Å². The van der Waals surface area contributed by atoms with E-state index in [1.165, 1.54) is 0 Å². The van der Waals surface area contributed by atoms with Crippen molar-refractivity contribution in [1.82, 2.24) is 5.32 Å². The van der Waals surface area contributed by atoms with Gasteiger partial charge in [-0.3, -0.25) is 9.59 Å². The minimum absolute atomic E-state index is 0.0356. The fourth-order valence-electron chi connectivity index (χ4n) is 5.07. The molecule has 4 aromatic carbocycles. The van der Waals surface area contributed by atoms with Crippen molar-refractivity contribution in [3.05, 3.63) is 125 Å². The largest absolute Gasteiger partial charge is 0.748 e. The molecule has 0 bridgehead atoms. The maximum absolute atomic E-state index is 13.8. The summed E-state index contributed by atoms with van der Waals surface area (Å²) in [6, 6.07) is 32.2. The van der Waals surface area contributed by atoms with Crippen LogP contribution in [0.2, 0.25) is 0 Å². The first-order valence-electron chi connectivity index (χ1n) is 14.7. The van der Waals surface area contributed by atoms with E-state index in [1.807, 2.05) is 78.9 Å². The highest BCUT2D eigenvalue weighted by Gasteiger charge is 2.23. The molecule has 2 amide bonds. The Balaban J connectivity index is 1.33. The van der Waals surface area contributed by atoms with Gasteiger partial charge in [-0.15, -0.1) is 0 Å². The lowest BCUT2D eigenvalue weighted by Gasteiger charge is -2.22. The third-order valence-electron chi connectivity index (χ3n) is 7.65. The summed E-state index contributed by atoms with van der Waals surface area (Å²) in [7, 11) is -4.42. The lowest BCUT2D eigenvalue weighted by molar-refractivity contribution is -0.117. The van der Waals surface area contributed by atoms with Gasteiger partial charge in [0.1, 0.15) is 11.3 Å². The van der Waals surface area contributed by atoms with Crippen molar-refractivity contribution in [1.29, 1.82) is 0 Å². The zero-order valence-electron chi connectivity index (χ0n) is 25.4. The molecule has 0 spiro atoms. The number of amides is 2. The molecule has 1 aromatic heterocycles. The average molecular weight is 624 g/mol. The number of para-hydroxylation sites is 1. The maximum Gasteiger partial charge on any atom is 0.251 e. The number of nitrogens with one attached hydrogen (secondary N) is 2. The van der Waals surface area contributed by atoms with Gasteiger partial charge in [-0.1, -0.05) is 75.4 Å². The van der Waals surface area contributed by atoms with Crippen molar-refractivity contribution < 1.29 is 27.0 Å². The Labute approximate surface area is 263 Å². The number of hydrogen-bond donors (Lipinski definition) is 2. The average Bonchev–Trinajstić information content (AvgIpc) is 3.44. The predicted octanol–water partition coefficient (Wildman–Crippen LogP) is 6.64. The second-order valence-corrected chi connectivity index (χ2v) is 13.6. The molecule has 0 saturated carbocycles. The molecular formula is C36H35N2O6S-. The standard InChI is InChI=1S/C36H36N2O6S/c1-36(2,3)29-16-12-25(13-17-29)31(22-24-8-10-27(11-9-24)34(39)37-20-21-45(41,42)43)35(40)38-30-18-14-26(15-19-30)33-23-28-6-4-5-7-32(28)44-33/h4-19,23,31H,20-22H2,1-3H3,(H,37,39)(H,38,40)(H,41,42,43)/p-1. The van der Waals surface area contributed by atoms with Gasteiger partial charge in [-0.2, -0.15) is 0 Å². The summed E-state index contributed by atoms with van der Waals surface area (Å²) in [4.78, 5) is 26.2. The highest BCUT2D eigenvalue weighted by atomic mass is 32.2. The number of hydrogen-bond acceptors (Lipinski definition) is 6. The lowest BCUT2D eigenvalue weighted by Crippen LogP contribution is -2.29. The smallest absolute Gasteiger partial charge is 0.251 e. The Hall–Kier alpha value is -4.73. The van der Waals surface area contributed by atoms with Crippen LogP contribution in [-0.4, -0.2) is 37.1 Å². The van der Waals surface area contributed by atoms with E-state index < -0.39 is 27.7 Å². The maximum atomic E-state index is 13.8. The van der Waals surface area contributed by atoms with E-state index in [2.05, 4.69) is 31.4 Å². The minimum Gasteiger partial charge on any atom is -0.748 e. The topological polar surface area (TPSA) is 129 Å². The van der Waals surface area contributed by atoms with Crippen LogP contribution in [0.5, 0.6) is 0 Å². The summed E-state index contributed by atoms with van der Waals surface area (Å²) in [5, 5.41) is 6.53. The second-order valence-electron chi connectivity index (χ2n) is 12.1. The molecule has 9 heteroatoms. The molecule has 5 aromatic rings. The van der Waals surface area contributed by atoms with Gasteiger partial charge in [-0.25, -0.2) is 8.42 Å².